The Morgan fingerprint density at radius 2 is 2.12 bits per heavy atom. The third-order valence-electron chi connectivity index (χ3n) is 4.98. The number of hydrogen-bond acceptors (Lipinski definition) is 2. The molecule has 0 saturated carbocycles. The van der Waals surface area contributed by atoms with Crippen LogP contribution in [0.5, 0.6) is 0 Å². The summed E-state index contributed by atoms with van der Waals surface area (Å²) in [6.07, 6.45) is -0.0424. The number of imidazole rings is 1. The van der Waals surface area contributed by atoms with Crippen LogP contribution in [0.1, 0.15) is 46.6 Å². The van der Waals surface area contributed by atoms with Gasteiger partial charge in [-0.2, -0.15) is 13.2 Å². The Balaban J connectivity index is 1.63. The van der Waals surface area contributed by atoms with E-state index in [1.165, 1.54) is 12.4 Å². The van der Waals surface area contributed by atoms with Crippen molar-refractivity contribution < 1.29 is 18.0 Å². The largest absolute Gasteiger partial charge is 0.416 e. The van der Waals surface area contributed by atoms with Crippen molar-refractivity contribution >= 4 is 5.91 Å². The average molecular weight is 365 g/mol. The molecule has 1 amide bonds. The van der Waals surface area contributed by atoms with Crippen LogP contribution in [0.15, 0.2) is 30.6 Å². The first kappa shape index (κ1) is 18.5. The van der Waals surface area contributed by atoms with E-state index in [2.05, 4.69) is 9.97 Å². The quantitative estimate of drug-likeness (QED) is 0.882. The van der Waals surface area contributed by atoms with E-state index in [1.54, 1.807) is 24.0 Å². The number of nitrogens with zero attached hydrogens (tertiary/aromatic N) is 2. The fourth-order valence-corrected chi connectivity index (χ4v) is 3.58. The number of rotatable bonds is 4. The number of aromatic nitrogens is 2. The number of likely N-dealkylation sites (tertiary alicyclic amines) is 1. The summed E-state index contributed by atoms with van der Waals surface area (Å²) in [5.41, 5.74) is 0.923. The molecule has 1 aliphatic heterocycles. The Bertz CT molecular complexity index is 769. The van der Waals surface area contributed by atoms with E-state index in [0.717, 1.165) is 24.6 Å². The molecule has 1 saturated heterocycles. The maximum atomic E-state index is 13.1. The minimum absolute atomic E-state index is 0.107. The van der Waals surface area contributed by atoms with Crippen molar-refractivity contribution in [3.63, 3.8) is 0 Å². The summed E-state index contributed by atoms with van der Waals surface area (Å²) in [5.74, 6) is 0.0948. The molecule has 0 radical (unpaired) electrons. The monoisotopic (exact) mass is 365 g/mol. The predicted molar refractivity (Wildman–Crippen MR) is 91.7 cm³/mol. The van der Waals surface area contributed by atoms with Crippen molar-refractivity contribution in [2.24, 2.45) is 5.92 Å². The number of halogens is 3. The molecule has 2 heterocycles. The van der Waals surface area contributed by atoms with Gasteiger partial charge in [-0.25, -0.2) is 4.98 Å². The number of carbonyl (C=O) groups is 1. The van der Waals surface area contributed by atoms with Crippen molar-refractivity contribution in [1.29, 1.82) is 0 Å². The lowest BCUT2D eigenvalue weighted by molar-refractivity contribution is -0.138. The fraction of sp³-hybridized carbons (Fsp3) is 0.474. The Kier molecular flexibility index (Phi) is 5.34. The highest BCUT2D eigenvalue weighted by Gasteiger charge is 2.33. The number of alkyl halides is 3. The average Bonchev–Trinajstić information content (AvgIpc) is 3.05. The van der Waals surface area contributed by atoms with Gasteiger partial charge in [0.1, 0.15) is 5.69 Å². The van der Waals surface area contributed by atoms with Gasteiger partial charge < -0.3 is 9.88 Å². The number of aromatic amines is 1. The van der Waals surface area contributed by atoms with E-state index in [9.17, 15) is 18.0 Å². The second-order valence-corrected chi connectivity index (χ2v) is 6.83. The third kappa shape index (κ3) is 4.08. The van der Waals surface area contributed by atoms with Crippen molar-refractivity contribution in [1.82, 2.24) is 14.9 Å². The number of benzene rings is 1. The number of amides is 1. The second kappa shape index (κ2) is 7.51. The molecular weight excluding hydrogens is 343 g/mol. The van der Waals surface area contributed by atoms with Gasteiger partial charge in [0.05, 0.1) is 11.9 Å². The molecule has 7 heteroatoms. The van der Waals surface area contributed by atoms with Crippen LogP contribution in [-0.2, 0) is 12.6 Å². The first-order valence-corrected chi connectivity index (χ1v) is 8.80. The van der Waals surface area contributed by atoms with Crippen LogP contribution in [0, 0.1) is 12.8 Å². The summed E-state index contributed by atoms with van der Waals surface area (Å²) >= 11 is 0. The summed E-state index contributed by atoms with van der Waals surface area (Å²) < 4.78 is 39.3. The van der Waals surface area contributed by atoms with Crippen LogP contribution < -0.4 is 0 Å². The zero-order chi connectivity index (χ0) is 18.7. The normalized spacial score (nSPS) is 18.2. The summed E-state index contributed by atoms with van der Waals surface area (Å²) in [7, 11) is 0. The molecule has 0 spiro atoms. The first-order valence-electron chi connectivity index (χ1n) is 8.80. The molecule has 140 valence electrons. The standard InChI is InChI=1S/C19H22F3N3O/c1-13-17(24-12-23-13)18(26)25-10-4-5-14(11-25)8-9-15-6-2-3-7-16(15)19(20,21)22/h2-3,6-7,12,14H,4-5,8-11H2,1H3,(H,23,24)/t14-/m1/s1. The smallest absolute Gasteiger partial charge is 0.348 e. The van der Waals surface area contributed by atoms with Gasteiger partial charge in [-0.05, 0) is 50.2 Å². The van der Waals surface area contributed by atoms with E-state index in [-0.39, 0.29) is 11.8 Å². The van der Waals surface area contributed by atoms with Crippen LogP contribution in [0.2, 0.25) is 0 Å². The Hall–Kier alpha value is -2.31. The van der Waals surface area contributed by atoms with Crippen LogP contribution >= 0.6 is 0 Å². The molecule has 1 aromatic carbocycles. The van der Waals surface area contributed by atoms with Crippen LogP contribution in [0.25, 0.3) is 0 Å². The predicted octanol–water partition coefficient (Wildman–Crippen LogP) is 4.22. The van der Waals surface area contributed by atoms with Crippen molar-refractivity contribution in [3.05, 3.63) is 53.1 Å². The van der Waals surface area contributed by atoms with Crippen LogP contribution in [0.3, 0.4) is 0 Å². The Morgan fingerprint density at radius 1 is 1.35 bits per heavy atom. The zero-order valence-electron chi connectivity index (χ0n) is 14.6. The van der Waals surface area contributed by atoms with Gasteiger partial charge in [-0.15, -0.1) is 0 Å². The van der Waals surface area contributed by atoms with Gasteiger partial charge in [-0.1, -0.05) is 18.2 Å². The summed E-state index contributed by atoms with van der Waals surface area (Å²) in [4.78, 5) is 21.3. The topological polar surface area (TPSA) is 49.0 Å². The van der Waals surface area contributed by atoms with Gasteiger partial charge in [-0.3, -0.25) is 4.79 Å². The highest BCUT2D eigenvalue weighted by atomic mass is 19.4. The summed E-state index contributed by atoms with van der Waals surface area (Å²) in [6, 6.07) is 5.73. The van der Waals surface area contributed by atoms with Crippen molar-refractivity contribution in [2.45, 2.75) is 38.8 Å². The molecule has 26 heavy (non-hydrogen) atoms. The van der Waals surface area contributed by atoms with Gasteiger partial charge in [0, 0.05) is 18.8 Å². The van der Waals surface area contributed by atoms with Crippen LogP contribution in [0.4, 0.5) is 13.2 Å². The van der Waals surface area contributed by atoms with Gasteiger partial charge in [0.25, 0.3) is 5.91 Å². The molecule has 1 N–H and O–H groups in total. The van der Waals surface area contributed by atoms with Gasteiger partial charge >= 0.3 is 6.18 Å². The molecule has 0 unspecified atom stereocenters. The lowest BCUT2D eigenvalue weighted by Gasteiger charge is -2.32. The second-order valence-electron chi connectivity index (χ2n) is 6.83. The van der Waals surface area contributed by atoms with Crippen molar-refractivity contribution in [2.75, 3.05) is 13.1 Å². The summed E-state index contributed by atoms with van der Waals surface area (Å²) in [5, 5.41) is 0. The SMILES string of the molecule is Cc1[nH]cnc1C(=O)N1CCC[C@H](CCc2ccccc2C(F)(F)F)C1. The van der Waals surface area contributed by atoms with Gasteiger partial charge in [0.15, 0.2) is 0 Å². The number of hydrogen-bond donors (Lipinski definition) is 1. The number of piperidine rings is 1. The zero-order valence-corrected chi connectivity index (χ0v) is 14.6. The molecule has 1 aliphatic rings. The van der Waals surface area contributed by atoms with Crippen molar-refractivity contribution in [3.8, 4) is 0 Å². The molecule has 1 aromatic heterocycles. The number of nitrogens with one attached hydrogen (secondary N) is 1. The molecule has 4 nitrogen and oxygen atoms in total. The van der Waals surface area contributed by atoms with E-state index in [4.69, 9.17) is 0 Å². The van der Waals surface area contributed by atoms with E-state index in [0.29, 0.717) is 37.2 Å². The molecule has 1 atom stereocenters. The highest BCUT2D eigenvalue weighted by Crippen LogP contribution is 2.33. The molecule has 1 fully saturated rings. The maximum absolute atomic E-state index is 13.1. The summed E-state index contributed by atoms with van der Waals surface area (Å²) in [6.45, 7) is 3.04. The minimum atomic E-state index is -4.33. The molecule has 0 aliphatic carbocycles. The van der Waals surface area contributed by atoms with Crippen LogP contribution in [-0.4, -0.2) is 33.9 Å². The van der Waals surface area contributed by atoms with E-state index < -0.39 is 11.7 Å². The minimum Gasteiger partial charge on any atom is -0.348 e. The van der Waals surface area contributed by atoms with Gasteiger partial charge in [0.2, 0.25) is 0 Å². The Morgan fingerprint density at radius 3 is 2.81 bits per heavy atom. The lowest BCUT2D eigenvalue weighted by Crippen LogP contribution is -2.40. The first-order chi connectivity index (χ1) is 12.4. The molecule has 0 bridgehead atoms. The third-order valence-corrected chi connectivity index (χ3v) is 4.98. The lowest BCUT2D eigenvalue weighted by atomic mass is 9.90. The number of carbonyl (C=O) groups excluding carboxylic acids is 1. The fourth-order valence-electron chi connectivity index (χ4n) is 3.58. The maximum Gasteiger partial charge on any atom is 0.416 e. The number of H-pyrrole nitrogens is 1. The number of aryl methyl sites for hydroxylation is 2. The van der Waals surface area contributed by atoms with E-state index >= 15 is 0 Å². The van der Waals surface area contributed by atoms with E-state index in [1.807, 2.05) is 0 Å². The molecule has 2 aromatic rings. The molecule has 3 rings (SSSR count). The molecular formula is C19H22F3N3O. The Labute approximate surface area is 150 Å². The highest BCUT2D eigenvalue weighted by molar-refractivity contribution is 5.93.